The summed E-state index contributed by atoms with van der Waals surface area (Å²) in [4.78, 5) is 11.8. The number of nitrogens with zero attached hydrogens (tertiary/aromatic N) is 1. The van der Waals surface area contributed by atoms with Crippen LogP contribution in [0.25, 0.3) is 0 Å². The van der Waals surface area contributed by atoms with Crippen molar-refractivity contribution in [1.29, 1.82) is 0 Å². The van der Waals surface area contributed by atoms with Gasteiger partial charge in [-0.1, -0.05) is 11.8 Å². The van der Waals surface area contributed by atoms with E-state index in [-0.39, 0.29) is 11.4 Å². The fourth-order valence-corrected chi connectivity index (χ4v) is 2.62. The van der Waals surface area contributed by atoms with E-state index in [9.17, 15) is 15.2 Å². The van der Waals surface area contributed by atoms with Crippen LogP contribution in [0.4, 0.5) is 5.69 Å². The van der Waals surface area contributed by atoms with E-state index in [4.69, 9.17) is 0 Å². The molecule has 2 rings (SSSR count). The minimum atomic E-state index is -0.491. The van der Waals surface area contributed by atoms with Gasteiger partial charge in [0.1, 0.15) is 5.75 Å². The molecule has 0 bridgehead atoms. The molecule has 0 saturated carbocycles. The van der Waals surface area contributed by atoms with Crippen LogP contribution in [0.15, 0.2) is 52.3 Å². The van der Waals surface area contributed by atoms with Gasteiger partial charge in [-0.2, -0.15) is 0 Å². The van der Waals surface area contributed by atoms with E-state index in [1.165, 1.54) is 17.8 Å². The maximum atomic E-state index is 10.9. The summed E-state index contributed by atoms with van der Waals surface area (Å²) in [5.74, 6) is -0.103. The topological polar surface area (TPSA) is 63.4 Å². The van der Waals surface area contributed by atoms with Gasteiger partial charge in [0, 0.05) is 8.47 Å². The third-order valence-electron chi connectivity index (χ3n) is 2.18. The number of nitro benzene ring substituents is 1. The Balaban J connectivity index is 2.34. The van der Waals surface area contributed by atoms with E-state index in [1.54, 1.807) is 6.07 Å². The number of aromatic hydroxyl groups is 1. The van der Waals surface area contributed by atoms with Crippen molar-refractivity contribution in [2.24, 2.45) is 0 Å². The van der Waals surface area contributed by atoms with Crippen LogP contribution < -0.4 is 0 Å². The Morgan fingerprint density at radius 2 is 1.83 bits per heavy atom. The first-order chi connectivity index (χ1) is 8.56. The number of benzene rings is 2. The molecule has 0 unspecified atom stereocenters. The van der Waals surface area contributed by atoms with Gasteiger partial charge in [0.15, 0.2) is 0 Å². The average Bonchev–Trinajstić information content (AvgIpc) is 2.34. The van der Waals surface area contributed by atoms with Gasteiger partial charge in [-0.05, 0) is 59.0 Å². The third kappa shape index (κ3) is 3.14. The smallest absolute Gasteiger partial charge is 0.286 e. The summed E-state index contributed by atoms with van der Waals surface area (Å²) in [7, 11) is 0. The molecule has 0 amide bonds. The predicted molar refractivity (Wildman–Crippen MR) is 78.0 cm³/mol. The molecule has 0 aliphatic carbocycles. The number of phenolic OH excluding ortho intramolecular Hbond substituents is 1. The molecular weight excluding hydrogens is 365 g/mol. The van der Waals surface area contributed by atoms with Crippen molar-refractivity contribution in [3.8, 4) is 5.75 Å². The lowest BCUT2D eigenvalue weighted by molar-refractivity contribution is -0.387. The van der Waals surface area contributed by atoms with Gasteiger partial charge < -0.3 is 5.11 Å². The Morgan fingerprint density at radius 3 is 2.44 bits per heavy atom. The zero-order valence-corrected chi connectivity index (χ0v) is 12.0. The molecule has 0 fully saturated rings. The summed E-state index contributed by atoms with van der Waals surface area (Å²) < 4.78 is 1.11. The third-order valence-corrected chi connectivity index (χ3v) is 3.97. The van der Waals surface area contributed by atoms with Crippen LogP contribution in [0.2, 0.25) is 0 Å². The maximum Gasteiger partial charge on any atom is 0.286 e. The van der Waals surface area contributed by atoms with Crippen LogP contribution in [0.3, 0.4) is 0 Å². The van der Waals surface area contributed by atoms with Gasteiger partial charge in [0.2, 0.25) is 0 Å². The molecule has 0 spiro atoms. The minimum absolute atomic E-state index is 0.0847. The average molecular weight is 373 g/mol. The molecular formula is C12H8INO3S. The molecule has 1 N–H and O–H groups in total. The second-order valence-corrected chi connectivity index (χ2v) is 5.83. The van der Waals surface area contributed by atoms with E-state index in [0.717, 1.165) is 14.5 Å². The lowest BCUT2D eigenvalue weighted by Crippen LogP contribution is -1.90. The lowest BCUT2D eigenvalue weighted by Gasteiger charge is -2.03. The molecule has 0 atom stereocenters. The van der Waals surface area contributed by atoms with Crippen LogP contribution in [0.1, 0.15) is 0 Å². The van der Waals surface area contributed by atoms with E-state index in [1.807, 2.05) is 24.3 Å². The molecule has 2 aromatic rings. The van der Waals surface area contributed by atoms with E-state index in [0.29, 0.717) is 4.90 Å². The van der Waals surface area contributed by atoms with Gasteiger partial charge in [-0.25, -0.2) is 0 Å². The summed E-state index contributed by atoms with van der Waals surface area (Å²) in [5, 5.41) is 20.2. The Hall–Kier alpha value is -1.28. The first-order valence-corrected chi connectivity index (χ1v) is 6.86. The van der Waals surface area contributed by atoms with Crippen molar-refractivity contribution < 1.29 is 10.0 Å². The van der Waals surface area contributed by atoms with Crippen molar-refractivity contribution in [1.82, 2.24) is 0 Å². The van der Waals surface area contributed by atoms with Crippen LogP contribution >= 0.6 is 34.4 Å². The Bertz CT molecular complexity index is 586. The monoisotopic (exact) mass is 373 g/mol. The van der Waals surface area contributed by atoms with Crippen molar-refractivity contribution in [3.05, 3.63) is 56.1 Å². The lowest BCUT2D eigenvalue weighted by atomic mass is 10.3. The molecule has 0 saturated heterocycles. The molecule has 2 aromatic carbocycles. The summed E-state index contributed by atoms with van der Waals surface area (Å²) in [5.41, 5.74) is -0.0847. The minimum Gasteiger partial charge on any atom is -0.508 e. The van der Waals surface area contributed by atoms with Crippen molar-refractivity contribution in [2.75, 3.05) is 0 Å². The fourth-order valence-electron chi connectivity index (χ4n) is 1.36. The molecule has 0 aliphatic heterocycles. The summed E-state index contributed by atoms with van der Waals surface area (Å²) >= 11 is 3.50. The van der Waals surface area contributed by atoms with E-state index in [2.05, 4.69) is 22.6 Å². The van der Waals surface area contributed by atoms with Crippen LogP contribution in [0.5, 0.6) is 5.75 Å². The summed E-state index contributed by atoms with van der Waals surface area (Å²) in [6, 6.07) is 11.9. The van der Waals surface area contributed by atoms with Crippen LogP contribution in [-0.4, -0.2) is 10.0 Å². The highest BCUT2D eigenvalue weighted by atomic mass is 127. The summed E-state index contributed by atoms with van der Waals surface area (Å²) in [6.45, 7) is 0. The quantitative estimate of drug-likeness (QED) is 0.501. The number of halogens is 1. The highest BCUT2D eigenvalue weighted by Crippen LogP contribution is 2.36. The number of hydrogen-bond donors (Lipinski definition) is 1. The number of nitro groups is 1. The van der Waals surface area contributed by atoms with Gasteiger partial charge in [-0.15, -0.1) is 0 Å². The molecule has 6 heteroatoms. The van der Waals surface area contributed by atoms with Gasteiger partial charge in [0.05, 0.1) is 15.9 Å². The zero-order chi connectivity index (χ0) is 13.1. The highest BCUT2D eigenvalue weighted by molar-refractivity contribution is 14.1. The molecule has 0 aliphatic rings. The number of hydrogen-bond acceptors (Lipinski definition) is 4. The van der Waals surface area contributed by atoms with E-state index < -0.39 is 4.92 Å². The standard InChI is InChI=1S/C12H8INO3S/c13-8-1-4-10(5-2-8)18-12-6-3-9(15)7-11(12)14(16)17/h1-7,15H. The SMILES string of the molecule is O=[N+]([O-])c1cc(O)ccc1Sc1ccc(I)cc1. The number of phenols is 1. The molecule has 0 radical (unpaired) electrons. The van der Waals surface area contributed by atoms with Crippen LogP contribution in [0, 0.1) is 13.7 Å². The first kappa shape index (κ1) is 13.2. The normalized spacial score (nSPS) is 10.3. The van der Waals surface area contributed by atoms with Crippen molar-refractivity contribution in [3.63, 3.8) is 0 Å². The fraction of sp³-hybridized carbons (Fsp3) is 0. The molecule has 0 heterocycles. The maximum absolute atomic E-state index is 10.9. The first-order valence-electron chi connectivity index (χ1n) is 4.97. The van der Waals surface area contributed by atoms with Gasteiger partial charge in [-0.3, -0.25) is 10.1 Å². The van der Waals surface area contributed by atoms with Gasteiger partial charge in [0.25, 0.3) is 5.69 Å². The van der Waals surface area contributed by atoms with E-state index >= 15 is 0 Å². The largest absolute Gasteiger partial charge is 0.508 e. The molecule has 4 nitrogen and oxygen atoms in total. The zero-order valence-electron chi connectivity index (χ0n) is 9.04. The summed E-state index contributed by atoms with van der Waals surface area (Å²) in [6.07, 6.45) is 0. The highest BCUT2D eigenvalue weighted by Gasteiger charge is 2.15. The predicted octanol–water partition coefficient (Wildman–Crippen LogP) is 4.06. The number of rotatable bonds is 3. The Kier molecular flexibility index (Phi) is 4.07. The second-order valence-electron chi connectivity index (χ2n) is 3.47. The van der Waals surface area contributed by atoms with Crippen molar-refractivity contribution in [2.45, 2.75) is 9.79 Å². The molecule has 92 valence electrons. The van der Waals surface area contributed by atoms with Crippen molar-refractivity contribution >= 4 is 40.0 Å². The van der Waals surface area contributed by atoms with Crippen LogP contribution in [-0.2, 0) is 0 Å². The second kappa shape index (κ2) is 5.57. The molecule has 0 aromatic heterocycles. The molecule has 18 heavy (non-hydrogen) atoms. The Morgan fingerprint density at radius 1 is 1.17 bits per heavy atom. The van der Waals surface area contributed by atoms with Gasteiger partial charge >= 0.3 is 0 Å². The Labute approximate surface area is 121 Å².